The quantitative estimate of drug-likeness (QED) is 0.361. The number of thioether (sulfide) groups is 1. The highest BCUT2D eigenvalue weighted by atomic mass is 32.2. The van der Waals surface area contributed by atoms with Crippen LogP contribution < -0.4 is 11.0 Å². The van der Waals surface area contributed by atoms with Gasteiger partial charge >= 0.3 is 5.69 Å². The number of pyridine rings is 1. The van der Waals surface area contributed by atoms with Gasteiger partial charge in [-0.05, 0) is 85.9 Å². The van der Waals surface area contributed by atoms with E-state index in [9.17, 15) is 14.4 Å². The summed E-state index contributed by atoms with van der Waals surface area (Å²) in [5, 5.41) is 2.53. The fourth-order valence-electron chi connectivity index (χ4n) is 6.94. The zero-order chi connectivity index (χ0) is 31.0. The number of benzene rings is 1. The molecule has 3 fully saturated rings. The van der Waals surface area contributed by atoms with Crippen LogP contribution in [0.25, 0.3) is 11.2 Å². The number of imidazole rings is 1. The molecule has 3 aliphatic rings. The van der Waals surface area contributed by atoms with Crippen molar-refractivity contribution in [3.05, 3.63) is 64.0 Å². The van der Waals surface area contributed by atoms with Crippen molar-refractivity contribution in [2.45, 2.75) is 81.9 Å². The number of hydrogen-bond donors (Lipinski definition) is 2. The Morgan fingerprint density at radius 3 is 2.57 bits per heavy atom. The topological polar surface area (TPSA) is 103 Å². The van der Waals surface area contributed by atoms with E-state index in [1.807, 2.05) is 28.0 Å². The summed E-state index contributed by atoms with van der Waals surface area (Å²) in [5.41, 5.74) is 2.79. The van der Waals surface area contributed by atoms with Crippen molar-refractivity contribution in [2.75, 3.05) is 32.7 Å². The molecule has 44 heavy (non-hydrogen) atoms. The van der Waals surface area contributed by atoms with E-state index in [-0.39, 0.29) is 55.3 Å². The standard InChI is InChI=1S/C33H43FN6O3S.2H2/c1-33(2,3)13-19-39-30(42)26(44-31(39)23-6-4-7-24(34)28(23)21-9-15-35-16-10-21)20-27(41)38-17-11-22(12-18-38)40-25-8-5-14-36-29(25)37-32(40)43;;/h4-8,14,21-22,26,31,35H,9-13,15-20H2,1-3H3,(H,36,37,43);2*1H/t26-,31-;;/m0../s1. The van der Waals surface area contributed by atoms with Crippen LogP contribution in [0, 0.1) is 11.2 Å². The summed E-state index contributed by atoms with van der Waals surface area (Å²) < 4.78 is 17.2. The first-order valence-electron chi connectivity index (χ1n) is 15.9. The highest BCUT2D eigenvalue weighted by Crippen LogP contribution is 2.48. The van der Waals surface area contributed by atoms with E-state index in [0.29, 0.717) is 38.1 Å². The van der Waals surface area contributed by atoms with Crippen molar-refractivity contribution in [3.63, 3.8) is 0 Å². The largest absolute Gasteiger partial charge is 0.342 e. The lowest BCUT2D eigenvalue weighted by molar-refractivity contribution is -0.136. The molecule has 3 aromatic rings. The van der Waals surface area contributed by atoms with E-state index in [1.165, 1.54) is 17.8 Å². The van der Waals surface area contributed by atoms with Crippen LogP contribution >= 0.6 is 11.8 Å². The summed E-state index contributed by atoms with van der Waals surface area (Å²) in [4.78, 5) is 51.0. The first-order valence-corrected chi connectivity index (χ1v) is 16.8. The van der Waals surface area contributed by atoms with Crippen molar-refractivity contribution in [1.82, 2.24) is 29.7 Å². The van der Waals surface area contributed by atoms with Crippen molar-refractivity contribution >= 4 is 34.7 Å². The average Bonchev–Trinajstić information content (AvgIpc) is 3.51. The first-order chi connectivity index (χ1) is 21.1. The van der Waals surface area contributed by atoms with Gasteiger partial charge in [-0.3, -0.25) is 19.1 Å². The van der Waals surface area contributed by atoms with E-state index in [4.69, 9.17) is 0 Å². The molecule has 0 radical (unpaired) electrons. The number of likely N-dealkylation sites (tertiary alicyclic amines) is 1. The fraction of sp³-hybridized carbons (Fsp3) is 0.576. The number of hydrogen-bond acceptors (Lipinski definition) is 6. The minimum absolute atomic E-state index is 0. The van der Waals surface area contributed by atoms with Crippen LogP contribution in [-0.2, 0) is 9.59 Å². The molecule has 0 aliphatic carbocycles. The lowest BCUT2D eigenvalue weighted by Gasteiger charge is -2.33. The van der Waals surface area contributed by atoms with Gasteiger partial charge in [-0.1, -0.05) is 32.9 Å². The molecular weight excluding hydrogens is 579 g/mol. The second kappa shape index (κ2) is 12.7. The van der Waals surface area contributed by atoms with Gasteiger partial charge in [0.15, 0.2) is 5.65 Å². The molecule has 3 saturated heterocycles. The minimum atomic E-state index is -0.517. The molecule has 240 valence electrons. The second-order valence-corrected chi connectivity index (χ2v) is 14.9. The number of H-pyrrole nitrogens is 1. The third-order valence-electron chi connectivity index (χ3n) is 9.37. The molecule has 2 atom stereocenters. The molecule has 2 aromatic heterocycles. The number of nitrogens with zero attached hydrogens (tertiary/aromatic N) is 4. The molecule has 5 heterocycles. The lowest BCUT2D eigenvalue weighted by Crippen LogP contribution is -2.42. The minimum Gasteiger partial charge on any atom is -0.342 e. The maximum Gasteiger partial charge on any atom is 0.327 e. The van der Waals surface area contributed by atoms with E-state index in [1.54, 1.807) is 16.8 Å². The van der Waals surface area contributed by atoms with Gasteiger partial charge in [0, 0.05) is 41.1 Å². The van der Waals surface area contributed by atoms with Crippen LogP contribution in [0.1, 0.15) is 90.6 Å². The molecule has 9 nitrogen and oxygen atoms in total. The molecular formula is C33H47FN6O3S. The lowest BCUT2D eigenvalue weighted by atomic mass is 9.86. The van der Waals surface area contributed by atoms with Gasteiger partial charge in [-0.25, -0.2) is 14.2 Å². The SMILES string of the molecule is CC(C)(C)CCN1C(=O)[C@H](CC(=O)N2CCC(n3c(=O)[nH]c4ncccc43)CC2)S[C@H]1c1cccc(F)c1C1CCNCC1.[HH].[HH]. The highest BCUT2D eigenvalue weighted by Gasteiger charge is 2.44. The molecule has 0 bridgehead atoms. The summed E-state index contributed by atoms with van der Waals surface area (Å²) in [7, 11) is 0. The maximum absolute atomic E-state index is 15.5. The van der Waals surface area contributed by atoms with E-state index >= 15 is 4.39 Å². The number of halogens is 1. The number of carbonyl (C=O) groups is 2. The monoisotopic (exact) mass is 626 g/mol. The van der Waals surface area contributed by atoms with Crippen LogP contribution in [0.15, 0.2) is 41.3 Å². The van der Waals surface area contributed by atoms with Crippen molar-refractivity contribution < 1.29 is 16.8 Å². The van der Waals surface area contributed by atoms with Gasteiger partial charge in [0.25, 0.3) is 0 Å². The van der Waals surface area contributed by atoms with Crippen LogP contribution in [0.3, 0.4) is 0 Å². The van der Waals surface area contributed by atoms with Crippen LogP contribution in [0.2, 0.25) is 0 Å². The second-order valence-electron chi connectivity index (χ2n) is 13.6. The van der Waals surface area contributed by atoms with Gasteiger partial charge in [-0.15, -0.1) is 11.8 Å². The first kappa shape index (κ1) is 30.8. The highest BCUT2D eigenvalue weighted by molar-refractivity contribution is 8.01. The molecule has 11 heteroatoms. The van der Waals surface area contributed by atoms with Crippen LogP contribution in [0.4, 0.5) is 4.39 Å². The van der Waals surface area contributed by atoms with Crippen molar-refractivity contribution in [3.8, 4) is 0 Å². The molecule has 2 N–H and O–H groups in total. The molecule has 0 unspecified atom stereocenters. The predicted molar refractivity (Wildman–Crippen MR) is 175 cm³/mol. The number of amides is 2. The zero-order valence-corrected chi connectivity index (χ0v) is 26.7. The van der Waals surface area contributed by atoms with Gasteiger partial charge < -0.3 is 15.1 Å². The van der Waals surface area contributed by atoms with Gasteiger partial charge in [0.1, 0.15) is 11.2 Å². The summed E-state index contributed by atoms with van der Waals surface area (Å²) in [6.45, 7) is 9.78. The van der Waals surface area contributed by atoms with E-state index < -0.39 is 5.25 Å². The molecule has 0 saturated carbocycles. The predicted octanol–water partition coefficient (Wildman–Crippen LogP) is 5.46. The van der Waals surface area contributed by atoms with Crippen LogP contribution in [0.5, 0.6) is 0 Å². The van der Waals surface area contributed by atoms with Gasteiger partial charge in [-0.2, -0.15) is 0 Å². The number of aromatic nitrogens is 3. The Morgan fingerprint density at radius 2 is 1.84 bits per heavy atom. The molecule has 1 aromatic carbocycles. The Balaban J connectivity index is 0.00000240. The normalized spacial score (nSPS) is 22.3. The maximum atomic E-state index is 15.5. The number of fused-ring (bicyclic) bond motifs is 1. The smallest absolute Gasteiger partial charge is 0.327 e. The number of carbonyl (C=O) groups excluding carboxylic acids is 2. The average molecular weight is 627 g/mol. The molecule has 6 rings (SSSR count). The number of rotatable bonds is 7. The zero-order valence-electron chi connectivity index (χ0n) is 25.9. The van der Waals surface area contributed by atoms with Crippen molar-refractivity contribution in [2.24, 2.45) is 5.41 Å². The van der Waals surface area contributed by atoms with Gasteiger partial charge in [0.05, 0.1) is 10.8 Å². The number of piperidine rings is 2. The number of nitrogens with one attached hydrogen (secondary N) is 2. The Bertz CT molecular complexity index is 1580. The molecule has 2 amide bonds. The summed E-state index contributed by atoms with van der Waals surface area (Å²) >= 11 is 1.50. The third kappa shape index (κ3) is 6.31. The summed E-state index contributed by atoms with van der Waals surface area (Å²) in [5.74, 6) is -0.178. The third-order valence-corrected chi connectivity index (χ3v) is 10.8. The number of aromatic amines is 1. The van der Waals surface area contributed by atoms with E-state index in [0.717, 1.165) is 49.0 Å². The summed E-state index contributed by atoms with van der Waals surface area (Å²) in [6.07, 6.45) is 5.62. The van der Waals surface area contributed by atoms with Crippen molar-refractivity contribution in [1.29, 1.82) is 0 Å². The Labute approximate surface area is 264 Å². The molecule has 3 aliphatic heterocycles. The van der Waals surface area contributed by atoms with E-state index in [2.05, 4.69) is 36.1 Å². The Hall–Kier alpha value is -3.18. The summed E-state index contributed by atoms with van der Waals surface area (Å²) in [6, 6.07) is 8.95. The molecule has 0 spiro atoms. The van der Waals surface area contributed by atoms with Gasteiger partial charge in [0.2, 0.25) is 11.8 Å². The fourth-order valence-corrected chi connectivity index (χ4v) is 8.45. The Morgan fingerprint density at radius 1 is 1.09 bits per heavy atom. The van der Waals surface area contributed by atoms with Crippen LogP contribution in [-0.4, -0.2) is 74.1 Å². The Kier molecular flexibility index (Phi) is 8.88.